The van der Waals surface area contributed by atoms with E-state index < -0.39 is 5.82 Å². The summed E-state index contributed by atoms with van der Waals surface area (Å²) in [5.74, 6) is -0.105. The summed E-state index contributed by atoms with van der Waals surface area (Å²) in [4.78, 5) is 20.6. The first-order valence-electron chi connectivity index (χ1n) is 8.14. The zero-order valence-electron chi connectivity index (χ0n) is 14.3. The fourth-order valence-corrected chi connectivity index (χ4v) is 3.02. The van der Waals surface area contributed by atoms with Gasteiger partial charge in [-0.25, -0.2) is 9.18 Å². The zero-order chi connectivity index (χ0) is 17.8. The van der Waals surface area contributed by atoms with Crippen LogP contribution in [0.15, 0.2) is 42.7 Å². The Balaban J connectivity index is 1.65. The van der Waals surface area contributed by atoms with Gasteiger partial charge in [-0.3, -0.25) is 4.98 Å². The van der Waals surface area contributed by atoms with Gasteiger partial charge in [-0.1, -0.05) is 0 Å². The van der Waals surface area contributed by atoms with E-state index in [9.17, 15) is 9.18 Å². The summed E-state index contributed by atoms with van der Waals surface area (Å²) in [5.41, 5.74) is 1.56. The topological polar surface area (TPSA) is 57.7 Å². The molecule has 1 aromatic heterocycles. The van der Waals surface area contributed by atoms with Crippen LogP contribution < -0.4 is 15.0 Å². The van der Waals surface area contributed by atoms with Crippen LogP contribution in [0.1, 0.15) is 6.92 Å². The fraction of sp³-hybridized carbons (Fsp3) is 0.333. The number of halogens is 1. The number of amides is 2. The van der Waals surface area contributed by atoms with Crippen molar-refractivity contribution in [2.75, 3.05) is 37.0 Å². The Morgan fingerprint density at radius 1 is 1.28 bits per heavy atom. The molecule has 3 rings (SSSR count). The molecule has 25 heavy (non-hydrogen) atoms. The second kappa shape index (κ2) is 7.38. The van der Waals surface area contributed by atoms with Gasteiger partial charge in [-0.15, -0.1) is 0 Å². The van der Waals surface area contributed by atoms with E-state index in [2.05, 4.69) is 22.1 Å². The predicted molar refractivity (Wildman–Crippen MR) is 94.6 cm³/mol. The number of anilines is 2. The summed E-state index contributed by atoms with van der Waals surface area (Å²) in [6, 6.07) is 7.94. The van der Waals surface area contributed by atoms with Crippen LogP contribution in [-0.4, -0.2) is 48.7 Å². The highest BCUT2D eigenvalue weighted by atomic mass is 19.1. The number of piperazine rings is 1. The minimum atomic E-state index is -0.408. The molecule has 0 spiro atoms. The Bertz CT molecular complexity index is 741. The van der Waals surface area contributed by atoms with E-state index in [4.69, 9.17) is 4.74 Å². The monoisotopic (exact) mass is 344 g/mol. The molecule has 2 amide bonds. The van der Waals surface area contributed by atoms with Gasteiger partial charge in [0.2, 0.25) is 0 Å². The summed E-state index contributed by atoms with van der Waals surface area (Å²) in [6.07, 6.45) is 3.53. The van der Waals surface area contributed by atoms with E-state index in [1.54, 1.807) is 17.3 Å². The number of nitrogens with one attached hydrogen (secondary N) is 1. The van der Waals surface area contributed by atoms with Gasteiger partial charge in [0.05, 0.1) is 12.8 Å². The van der Waals surface area contributed by atoms with E-state index in [-0.39, 0.29) is 12.1 Å². The molecule has 1 aliphatic rings. The minimum Gasteiger partial charge on any atom is -0.494 e. The molecule has 0 aliphatic carbocycles. The number of hydrogen-bond acceptors (Lipinski definition) is 4. The van der Waals surface area contributed by atoms with Gasteiger partial charge in [0, 0.05) is 49.8 Å². The molecule has 6 nitrogen and oxygen atoms in total. The standard InChI is InChI=1S/C18H21FN4O2/c1-13-12-22(9-10-23(13)15-5-7-20-8-6-15)18(24)21-16-4-3-14(19)11-17(16)25-2/h3-8,11,13H,9-10,12H2,1-2H3,(H,21,24). The third kappa shape index (κ3) is 3.81. The van der Waals surface area contributed by atoms with Crippen molar-refractivity contribution >= 4 is 17.4 Å². The van der Waals surface area contributed by atoms with Crippen molar-refractivity contribution in [1.82, 2.24) is 9.88 Å². The van der Waals surface area contributed by atoms with Crippen molar-refractivity contribution < 1.29 is 13.9 Å². The molecule has 2 heterocycles. The maximum Gasteiger partial charge on any atom is 0.322 e. The zero-order valence-corrected chi connectivity index (χ0v) is 14.3. The Labute approximate surface area is 146 Å². The highest BCUT2D eigenvalue weighted by Gasteiger charge is 2.27. The number of hydrogen-bond donors (Lipinski definition) is 1. The number of carbonyl (C=O) groups is 1. The molecule has 132 valence electrons. The first kappa shape index (κ1) is 17.0. The lowest BCUT2D eigenvalue weighted by molar-refractivity contribution is 0.200. The lowest BCUT2D eigenvalue weighted by Gasteiger charge is -2.41. The van der Waals surface area contributed by atoms with Gasteiger partial charge in [0.25, 0.3) is 0 Å². The molecule has 0 radical (unpaired) electrons. The van der Waals surface area contributed by atoms with Crippen LogP contribution in [-0.2, 0) is 0 Å². The number of nitrogens with zero attached hydrogens (tertiary/aromatic N) is 3. The Hall–Kier alpha value is -2.83. The lowest BCUT2D eigenvalue weighted by atomic mass is 10.1. The molecule has 0 bridgehead atoms. The second-order valence-electron chi connectivity index (χ2n) is 5.97. The SMILES string of the molecule is COc1cc(F)ccc1NC(=O)N1CCN(c2ccncc2)C(C)C1. The molecule has 1 atom stereocenters. The third-order valence-electron chi connectivity index (χ3n) is 4.31. The molecular formula is C18H21FN4O2. The fourth-order valence-electron chi connectivity index (χ4n) is 3.02. The van der Waals surface area contributed by atoms with Crippen LogP contribution in [0, 0.1) is 5.82 Å². The number of methoxy groups -OCH3 is 1. The van der Waals surface area contributed by atoms with Gasteiger partial charge in [0.1, 0.15) is 11.6 Å². The van der Waals surface area contributed by atoms with Crippen molar-refractivity contribution in [3.05, 3.63) is 48.5 Å². The minimum absolute atomic E-state index is 0.178. The number of carbonyl (C=O) groups excluding carboxylic acids is 1. The predicted octanol–water partition coefficient (Wildman–Crippen LogP) is 2.97. The highest BCUT2D eigenvalue weighted by Crippen LogP contribution is 2.26. The third-order valence-corrected chi connectivity index (χ3v) is 4.31. The smallest absolute Gasteiger partial charge is 0.322 e. The summed E-state index contributed by atoms with van der Waals surface area (Å²) < 4.78 is 18.4. The first-order chi connectivity index (χ1) is 12.1. The number of ether oxygens (including phenoxy) is 1. The van der Waals surface area contributed by atoms with Gasteiger partial charge in [-0.2, -0.15) is 0 Å². The first-order valence-corrected chi connectivity index (χ1v) is 8.14. The largest absolute Gasteiger partial charge is 0.494 e. The summed E-state index contributed by atoms with van der Waals surface area (Å²) >= 11 is 0. The molecule has 1 N–H and O–H groups in total. The van der Waals surface area contributed by atoms with Crippen LogP contribution in [0.5, 0.6) is 5.75 Å². The van der Waals surface area contributed by atoms with Crippen molar-refractivity contribution in [1.29, 1.82) is 0 Å². The Kier molecular flexibility index (Phi) is 5.02. The van der Waals surface area contributed by atoms with Gasteiger partial charge in [-0.05, 0) is 31.2 Å². The van der Waals surface area contributed by atoms with Crippen LogP contribution in [0.25, 0.3) is 0 Å². The summed E-state index contributed by atoms with van der Waals surface area (Å²) in [6.45, 7) is 4.01. The average Bonchev–Trinajstić information content (AvgIpc) is 2.63. The maximum atomic E-state index is 13.3. The van der Waals surface area contributed by atoms with Crippen LogP contribution in [0.3, 0.4) is 0 Å². The summed E-state index contributed by atoms with van der Waals surface area (Å²) in [7, 11) is 1.44. The van der Waals surface area contributed by atoms with E-state index in [0.29, 0.717) is 24.5 Å². The van der Waals surface area contributed by atoms with Gasteiger partial charge >= 0.3 is 6.03 Å². The van der Waals surface area contributed by atoms with Crippen molar-refractivity contribution in [2.24, 2.45) is 0 Å². The van der Waals surface area contributed by atoms with Crippen LogP contribution >= 0.6 is 0 Å². The number of rotatable bonds is 3. The van der Waals surface area contributed by atoms with E-state index >= 15 is 0 Å². The van der Waals surface area contributed by atoms with Crippen molar-refractivity contribution in [3.8, 4) is 5.75 Å². The van der Waals surface area contributed by atoms with E-state index in [0.717, 1.165) is 12.2 Å². The van der Waals surface area contributed by atoms with E-state index in [1.165, 1.54) is 25.3 Å². The second-order valence-corrected chi connectivity index (χ2v) is 5.97. The highest BCUT2D eigenvalue weighted by molar-refractivity contribution is 5.91. The normalized spacial score (nSPS) is 17.3. The van der Waals surface area contributed by atoms with Crippen LogP contribution in [0.4, 0.5) is 20.6 Å². The van der Waals surface area contributed by atoms with Crippen molar-refractivity contribution in [3.63, 3.8) is 0 Å². The lowest BCUT2D eigenvalue weighted by Crippen LogP contribution is -2.54. The van der Waals surface area contributed by atoms with Gasteiger partial charge < -0.3 is 19.9 Å². The average molecular weight is 344 g/mol. The quantitative estimate of drug-likeness (QED) is 0.930. The molecule has 0 saturated carbocycles. The Morgan fingerprint density at radius 3 is 2.72 bits per heavy atom. The summed E-state index contributed by atoms with van der Waals surface area (Å²) in [5, 5.41) is 2.80. The number of pyridine rings is 1. The molecule has 1 aromatic carbocycles. The molecular weight excluding hydrogens is 323 g/mol. The number of aromatic nitrogens is 1. The van der Waals surface area contributed by atoms with Gasteiger partial charge in [0.15, 0.2) is 0 Å². The number of urea groups is 1. The molecule has 1 aliphatic heterocycles. The number of benzene rings is 1. The molecule has 7 heteroatoms. The molecule has 2 aromatic rings. The molecule has 1 unspecified atom stereocenters. The molecule has 1 fully saturated rings. The van der Waals surface area contributed by atoms with E-state index in [1.807, 2.05) is 12.1 Å². The van der Waals surface area contributed by atoms with Crippen LogP contribution in [0.2, 0.25) is 0 Å². The van der Waals surface area contributed by atoms with Crippen molar-refractivity contribution in [2.45, 2.75) is 13.0 Å². The molecule has 1 saturated heterocycles. The Morgan fingerprint density at radius 2 is 2.04 bits per heavy atom. The maximum absolute atomic E-state index is 13.3.